The topological polar surface area (TPSA) is 74.5 Å². The van der Waals surface area contributed by atoms with Gasteiger partial charge < -0.3 is 9.73 Å². The van der Waals surface area contributed by atoms with E-state index in [-0.39, 0.29) is 5.91 Å². The lowest BCUT2D eigenvalue weighted by Gasteiger charge is -2.33. The maximum absolute atomic E-state index is 11.8. The maximum Gasteiger partial charge on any atom is 0.247 e. The highest BCUT2D eigenvalue weighted by molar-refractivity contribution is 5.77. The summed E-state index contributed by atoms with van der Waals surface area (Å²) in [5.74, 6) is 1.30. The summed E-state index contributed by atoms with van der Waals surface area (Å²) in [4.78, 5) is 16.2. The van der Waals surface area contributed by atoms with E-state index in [1.54, 1.807) is 0 Å². The van der Waals surface area contributed by atoms with Gasteiger partial charge in [0.1, 0.15) is 0 Å². The molecule has 7 nitrogen and oxygen atoms in total. The molecule has 0 bridgehead atoms. The molecule has 2 aromatic rings. The fraction of sp³-hybridized carbons (Fsp3) is 0.500. The molecule has 0 spiro atoms. The van der Waals surface area contributed by atoms with Crippen molar-refractivity contribution in [3.8, 4) is 11.5 Å². The second-order valence-corrected chi connectivity index (χ2v) is 6.27. The zero-order valence-corrected chi connectivity index (χ0v) is 14.6. The van der Waals surface area contributed by atoms with Gasteiger partial charge in [0, 0.05) is 38.3 Å². The molecule has 0 unspecified atom stereocenters. The minimum absolute atomic E-state index is 0.111. The summed E-state index contributed by atoms with van der Waals surface area (Å²) in [6.45, 7) is 7.47. The van der Waals surface area contributed by atoms with Crippen LogP contribution < -0.4 is 5.32 Å². The molecule has 1 fully saturated rings. The molecule has 0 saturated carbocycles. The Labute approximate surface area is 148 Å². The van der Waals surface area contributed by atoms with Crippen molar-refractivity contribution in [2.24, 2.45) is 0 Å². The van der Waals surface area contributed by atoms with E-state index in [2.05, 4.69) is 32.2 Å². The average Bonchev–Trinajstić information content (AvgIpc) is 3.11. The first-order valence-electron chi connectivity index (χ1n) is 8.84. The van der Waals surface area contributed by atoms with Crippen LogP contribution in [0.1, 0.15) is 19.2 Å². The molecule has 1 aromatic carbocycles. The Balaban J connectivity index is 1.45. The third kappa shape index (κ3) is 5.11. The molecule has 0 aliphatic carbocycles. The number of hydrogen-bond acceptors (Lipinski definition) is 6. The average molecular weight is 343 g/mol. The molecular weight excluding hydrogens is 318 g/mol. The zero-order valence-electron chi connectivity index (χ0n) is 14.6. The monoisotopic (exact) mass is 343 g/mol. The first-order chi connectivity index (χ1) is 12.2. The minimum atomic E-state index is 0.111. The molecule has 1 aromatic heterocycles. The summed E-state index contributed by atoms with van der Waals surface area (Å²) in [5, 5.41) is 11.2. The first-order valence-corrected chi connectivity index (χ1v) is 8.84. The van der Waals surface area contributed by atoms with Crippen molar-refractivity contribution in [3.05, 3.63) is 36.2 Å². The Morgan fingerprint density at radius 3 is 2.56 bits per heavy atom. The molecule has 1 amide bonds. The molecule has 0 atom stereocenters. The molecule has 1 saturated heterocycles. The van der Waals surface area contributed by atoms with Crippen molar-refractivity contribution in [2.75, 3.05) is 39.3 Å². The highest BCUT2D eigenvalue weighted by Gasteiger charge is 2.20. The third-order valence-corrected chi connectivity index (χ3v) is 4.25. The normalized spacial score (nSPS) is 16.0. The molecule has 1 aliphatic rings. The molecule has 1 N–H and O–H groups in total. The highest BCUT2D eigenvalue weighted by atomic mass is 16.4. The molecule has 0 radical (unpaired) electrons. The van der Waals surface area contributed by atoms with E-state index in [1.165, 1.54) is 0 Å². The van der Waals surface area contributed by atoms with Gasteiger partial charge in [-0.15, -0.1) is 10.2 Å². The van der Waals surface area contributed by atoms with Gasteiger partial charge in [0.05, 0.1) is 13.1 Å². The van der Waals surface area contributed by atoms with Crippen LogP contribution in [-0.2, 0) is 11.3 Å². The number of rotatable bonds is 7. The van der Waals surface area contributed by atoms with Crippen LogP contribution >= 0.6 is 0 Å². The lowest BCUT2D eigenvalue weighted by atomic mass is 10.2. The van der Waals surface area contributed by atoms with Crippen LogP contribution in [0.25, 0.3) is 11.5 Å². The second kappa shape index (κ2) is 8.73. The molecular formula is C18H25N5O2. The number of aromatic nitrogens is 2. The Morgan fingerprint density at radius 2 is 1.84 bits per heavy atom. The van der Waals surface area contributed by atoms with Crippen LogP contribution in [0.4, 0.5) is 0 Å². The van der Waals surface area contributed by atoms with E-state index in [4.69, 9.17) is 4.42 Å². The van der Waals surface area contributed by atoms with Gasteiger partial charge >= 0.3 is 0 Å². The predicted octanol–water partition coefficient (Wildman–Crippen LogP) is 1.38. The summed E-state index contributed by atoms with van der Waals surface area (Å²) < 4.78 is 5.77. The van der Waals surface area contributed by atoms with E-state index >= 15 is 0 Å². The standard InChI is InChI=1S/C18H25N5O2/c1-2-8-19-16(24)13-22-9-11-23(12-10-22)14-17-20-21-18(25-17)15-6-4-3-5-7-15/h3-7H,2,8-14H2,1H3,(H,19,24). The number of nitrogens with one attached hydrogen (secondary N) is 1. The molecule has 2 heterocycles. The fourth-order valence-electron chi connectivity index (χ4n) is 2.84. The van der Waals surface area contributed by atoms with Crippen LogP contribution in [-0.4, -0.2) is 65.2 Å². The molecule has 1 aliphatic heterocycles. The van der Waals surface area contributed by atoms with Crippen LogP contribution in [0, 0.1) is 0 Å². The summed E-state index contributed by atoms with van der Waals surface area (Å²) in [5.41, 5.74) is 0.934. The summed E-state index contributed by atoms with van der Waals surface area (Å²) in [6.07, 6.45) is 0.967. The van der Waals surface area contributed by atoms with Crippen LogP contribution in [0.15, 0.2) is 34.7 Å². The van der Waals surface area contributed by atoms with E-state index < -0.39 is 0 Å². The second-order valence-electron chi connectivity index (χ2n) is 6.27. The van der Waals surface area contributed by atoms with Crippen molar-refractivity contribution in [3.63, 3.8) is 0 Å². The van der Waals surface area contributed by atoms with Gasteiger partial charge in [-0.05, 0) is 18.6 Å². The summed E-state index contributed by atoms with van der Waals surface area (Å²) >= 11 is 0. The van der Waals surface area contributed by atoms with Crippen molar-refractivity contribution < 1.29 is 9.21 Å². The molecule has 134 valence electrons. The third-order valence-electron chi connectivity index (χ3n) is 4.25. The number of amides is 1. The fourth-order valence-corrected chi connectivity index (χ4v) is 2.84. The SMILES string of the molecule is CCCNC(=O)CN1CCN(Cc2nnc(-c3ccccc3)o2)CC1. The number of carbonyl (C=O) groups is 1. The number of nitrogens with zero attached hydrogens (tertiary/aromatic N) is 4. The van der Waals surface area contributed by atoms with Gasteiger partial charge in [0.15, 0.2) is 0 Å². The van der Waals surface area contributed by atoms with Crippen molar-refractivity contribution >= 4 is 5.91 Å². The van der Waals surface area contributed by atoms with E-state index in [0.717, 1.165) is 44.7 Å². The van der Waals surface area contributed by atoms with Gasteiger partial charge in [0.25, 0.3) is 0 Å². The Morgan fingerprint density at radius 1 is 1.12 bits per heavy atom. The first kappa shape index (κ1) is 17.6. The summed E-state index contributed by atoms with van der Waals surface area (Å²) in [7, 11) is 0. The van der Waals surface area contributed by atoms with Crippen LogP contribution in [0.3, 0.4) is 0 Å². The lowest BCUT2D eigenvalue weighted by Crippen LogP contribution is -2.49. The van der Waals surface area contributed by atoms with Gasteiger partial charge in [-0.1, -0.05) is 25.1 Å². The van der Waals surface area contributed by atoms with Crippen molar-refractivity contribution in [2.45, 2.75) is 19.9 Å². The number of benzene rings is 1. The Bertz CT molecular complexity index is 665. The van der Waals surface area contributed by atoms with Gasteiger partial charge in [-0.25, -0.2) is 0 Å². The number of carbonyl (C=O) groups excluding carboxylic acids is 1. The van der Waals surface area contributed by atoms with Gasteiger partial charge in [-0.2, -0.15) is 0 Å². The highest BCUT2D eigenvalue weighted by Crippen LogP contribution is 2.18. The Hall–Kier alpha value is -2.25. The largest absolute Gasteiger partial charge is 0.419 e. The van der Waals surface area contributed by atoms with Crippen LogP contribution in [0.2, 0.25) is 0 Å². The zero-order chi connectivity index (χ0) is 17.5. The molecule has 25 heavy (non-hydrogen) atoms. The smallest absolute Gasteiger partial charge is 0.247 e. The maximum atomic E-state index is 11.8. The number of hydrogen-bond donors (Lipinski definition) is 1. The predicted molar refractivity (Wildman–Crippen MR) is 94.8 cm³/mol. The quantitative estimate of drug-likeness (QED) is 0.819. The lowest BCUT2D eigenvalue weighted by molar-refractivity contribution is -0.122. The van der Waals surface area contributed by atoms with Gasteiger partial charge in [0.2, 0.25) is 17.7 Å². The van der Waals surface area contributed by atoms with Crippen molar-refractivity contribution in [1.29, 1.82) is 0 Å². The number of piperazine rings is 1. The van der Waals surface area contributed by atoms with E-state index in [1.807, 2.05) is 30.3 Å². The van der Waals surface area contributed by atoms with E-state index in [9.17, 15) is 4.79 Å². The molecule has 7 heteroatoms. The minimum Gasteiger partial charge on any atom is -0.419 e. The van der Waals surface area contributed by atoms with Crippen LogP contribution in [0.5, 0.6) is 0 Å². The van der Waals surface area contributed by atoms with E-state index in [0.29, 0.717) is 24.9 Å². The molecule has 3 rings (SSSR count). The Kier molecular flexibility index (Phi) is 6.14. The van der Waals surface area contributed by atoms with Gasteiger partial charge in [-0.3, -0.25) is 14.6 Å². The summed E-state index contributed by atoms with van der Waals surface area (Å²) in [6, 6.07) is 9.78. The van der Waals surface area contributed by atoms with Crippen molar-refractivity contribution in [1.82, 2.24) is 25.3 Å².